The van der Waals surface area contributed by atoms with Crippen molar-refractivity contribution in [1.82, 2.24) is 0 Å². The van der Waals surface area contributed by atoms with Gasteiger partial charge in [-0.2, -0.15) is 17.6 Å². The summed E-state index contributed by atoms with van der Waals surface area (Å²) in [5.74, 6) is 1.34. The molecule has 8 heteroatoms. The lowest BCUT2D eigenvalue weighted by molar-refractivity contribution is -0.253. The van der Waals surface area contributed by atoms with Crippen LogP contribution in [0.5, 0.6) is 17.2 Å². The molecule has 0 aliphatic heterocycles. The molecule has 1 N–H and O–H groups in total. The molecule has 38 heavy (non-hydrogen) atoms. The maximum atomic E-state index is 13.5. The summed E-state index contributed by atoms with van der Waals surface area (Å²) >= 11 is 0. The van der Waals surface area contributed by atoms with E-state index < -0.39 is 18.6 Å². The lowest BCUT2D eigenvalue weighted by Crippen LogP contribution is -2.45. The number of hydrogen-bond donors (Lipinski definition) is 1. The van der Waals surface area contributed by atoms with Crippen LogP contribution in [-0.2, 0) is 6.54 Å². The molecule has 2 unspecified atom stereocenters. The lowest BCUT2D eigenvalue weighted by atomic mass is 9.90. The van der Waals surface area contributed by atoms with Gasteiger partial charge in [-0.3, -0.25) is 0 Å². The highest BCUT2D eigenvalue weighted by Crippen LogP contribution is 2.34. The number of benzene rings is 3. The molecule has 1 fully saturated rings. The third-order valence-electron chi connectivity index (χ3n) is 6.76. The van der Waals surface area contributed by atoms with Gasteiger partial charge >= 0.3 is 12.5 Å². The van der Waals surface area contributed by atoms with Crippen molar-refractivity contribution in [2.24, 2.45) is 0 Å². The van der Waals surface area contributed by atoms with E-state index in [0.29, 0.717) is 29.4 Å². The first-order valence-corrected chi connectivity index (χ1v) is 12.9. The number of hydrogen-bond acceptors (Lipinski definition) is 4. The Morgan fingerprint density at radius 1 is 0.895 bits per heavy atom. The van der Waals surface area contributed by atoms with E-state index >= 15 is 0 Å². The van der Waals surface area contributed by atoms with Gasteiger partial charge in [-0.25, -0.2) is 0 Å². The Morgan fingerprint density at radius 3 is 2.26 bits per heavy atom. The van der Waals surface area contributed by atoms with Crippen LogP contribution in [0.15, 0.2) is 72.8 Å². The van der Waals surface area contributed by atoms with Crippen molar-refractivity contribution >= 4 is 5.69 Å². The molecular formula is C30H33F4NO3. The summed E-state index contributed by atoms with van der Waals surface area (Å²) in [4.78, 5) is 2.02. The third-order valence-corrected chi connectivity index (χ3v) is 6.76. The fraction of sp³-hybridized carbons (Fsp3) is 0.400. The second-order valence-electron chi connectivity index (χ2n) is 9.99. The minimum Gasteiger partial charge on any atom is -0.457 e. The van der Waals surface area contributed by atoms with Crippen LogP contribution < -0.4 is 14.4 Å². The van der Waals surface area contributed by atoms with E-state index in [9.17, 15) is 22.7 Å². The van der Waals surface area contributed by atoms with Crippen molar-refractivity contribution < 1.29 is 32.1 Å². The van der Waals surface area contributed by atoms with E-state index in [4.69, 9.17) is 4.74 Å². The Balaban J connectivity index is 1.61. The van der Waals surface area contributed by atoms with Crippen molar-refractivity contribution in [2.45, 2.75) is 76.7 Å². The average Bonchev–Trinajstić information content (AvgIpc) is 2.88. The first kappa shape index (κ1) is 27.8. The van der Waals surface area contributed by atoms with Crippen LogP contribution >= 0.6 is 0 Å². The first-order chi connectivity index (χ1) is 18.1. The van der Waals surface area contributed by atoms with E-state index in [-0.39, 0.29) is 18.3 Å². The molecule has 0 spiro atoms. The molecule has 204 valence electrons. The van der Waals surface area contributed by atoms with Crippen LogP contribution in [0.4, 0.5) is 23.2 Å². The topological polar surface area (TPSA) is 41.9 Å². The number of ether oxygens (including phenoxy) is 2. The minimum atomic E-state index is -4.59. The van der Waals surface area contributed by atoms with Gasteiger partial charge in [-0.15, -0.1) is 0 Å². The smallest absolute Gasteiger partial charge is 0.457 e. The molecule has 0 saturated heterocycles. The maximum Gasteiger partial charge on any atom is 0.461 e. The van der Waals surface area contributed by atoms with Gasteiger partial charge in [0.2, 0.25) is 0 Å². The molecule has 4 rings (SSSR count). The lowest BCUT2D eigenvalue weighted by Gasteiger charge is -2.39. The molecular weight excluding hydrogens is 498 g/mol. The van der Waals surface area contributed by atoms with E-state index in [0.717, 1.165) is 30.5 Å². The van der Waals surface area contributed by atoms with E-state index in [1.54, 1.807) is 6.07 Å². The van der Waals surface area contributed by atoms with Crippen LogP contribution in [0.2, 0.25) is 0 Å². The molecule has 1 aliphatic rings. The van der Waals surface area contributed by atoms with E-state index in [1.807, 2.05) is 47.4 Å². The number of aliphatic hydroxyl groups excluding tert-OH is 1. The summed E-state index contributed by atoms with van der Waals surface area (Å²) in [5.41, 5.74) is 2.53. The number of rotatable bonds is 10. The molecule has 3 aromatic carbocycles. The Bertz CT molecular complexity index is 1200. The molecule has 2 atom stereocenters. The second-order valence-corrected chi connectivity index (χ2v) is 9.99. The zero-order valence-corrected chi connectivity index (χ0v) is 21.5. The summed E-state index contributed by atoms with van der Waals surface area (Å²) in [6.45, 7) is 4.48. The van der Waals surface area contributed by atoms with Gasteiger partial charge in [0.05, 0.1) is 12.1 Å². The fourth-order valence-corrected chi connectivity index (χ4v) is 4.76. The maximum absolute atomic E-state index is 13.5. The molecule has 1 saturated carbocycles. The Labute approximate surface area is 220 Å². The van der Waals surface area contributed by atoms with Gasteiger partial charge in [0.1, 0.15) is 17.2 Å². The quantitative estimate of drug-likeness (QED) is 0.268. The third kappa shape index (κ3) is 6.98. The van der Waals surface area contributed by atoms with Gasteiger partial charge in [0.15, 0.2) is 0 Å². The molecule has 3 aromatic rings. The Kier molecular flexibility index (Phi) is 8.82. The van der Waals surface area contributed by atoms with Crippen LogP contribution in [0.25, 0.3) is 0 Å². The van der Waals surface area contributed by atoms with Crippen LogP contribution in [-0.4, -0.2) is 29.8 Å². The highest BCUT2D eigenvalue weighted by Gasteiger charge is 2.44. The summed E-state index contributed by atoms with van der Waals surface area (Å²) in [5, 5.41) is 10.9. The summed E-state index contributed by atoms with van der Waals surface area (Å²) < 4.78 is 62.7. The Hall–Kier alpha value is -3.26. The summed E-state index contributed by atoms with van der Waals surface area (Å²) in [7, 11) is 0. The SMILES string of the molecule is CC(C)c1cccc(Oc2cccc(N(Cc3cccc(OC(F)(F)C(F)F)c3)C3CCCCC3O)c2)c1. The number of anilines is 1. The van der Waals surface area contributed by atoms with Crippen molar-refractivity contribution in [3.63, 3.8) is 0 Å². The summed E-state index contributed by atoms with van der Waals surface area (Å²) in [6.07, 6.45) is -5.82. The molecule has 0 amide bonds. The van der Waals surface area contributed by atoms with Crippen molar-refractivity contribution in [3.05, 3.63) is 83.9 Å². The van der Waals surface area contributed by atoms with Crippen LogP contribution in [0, 0.1) is 0 Å². The highest BCUT2D eigenvalue weighted by molar-refractivity contribution is 5.53. The van der Waals surface area contributed by atoms with Gasteiger partial charge in [0, 0.05) is 18.3 Å². The number of aliphatic hydroxyl groups is 1. The predicted molar refractivity (Wildman–Crippen MR) is 140 cm³/mol. The minimum absolute atomic E-state index is 0.213. The molecule has 0 bridgehead atoms. The molecule has 0 aromatic heterocycles. The van der Waals surface area contributed by atoms with Gasteiger partial charge in [-0.1, -0.05) is 57.0 Å². The normalized spacial score (nSPS) is 18.0. The predicted octanol–water partition coefficient (Wildman–Crippen LogP) is 8.15. The summed E-state index contributed by atoms with van der Waals surface area (Å²) in [6, 6.07) is 20.9. The average molecular weight is 532 g/mol. The number of nitrogens with zero attached hydrogens (tertiary/aromatic N) is 1. The van der Waals surface area contributed by atoms with Crippen molar-refractivity contribution in [2.75, 3.05) is 4.90 Å². The zero-order valence-electron chi connectivity index (χ0n) is 21.5. The van der Waals surface area contributed by atoms with Gasteiger partial charge in [-0.05, 0) is 66.3 Å². The van der Waals surface area contributed by atoms with Crippen molar-refractivity contribution in [3.8, 4) is 17.2 Å². The molecule has 1 aliphatic carbocycles. The number of alkyl halides is 4. The molecule has 0 heterocycles. The van der Waals surface area contributed by atoms with Crippen molar-refractivity contribution in [1.29, 1.82) is 0 Å². The van der Waals surface area contributed by atoms with Gasteiger partial charge in [0.25, 0.3) is 0 Å². The van der Waals surface area contributed by atoms with E-state index in [2.05, 4.69) is 24.7 Å². The van der Waals surface area contributed by atoms with E-state index in [1.165, 1.54) is 18.2 Å². The zero-order chi connectivity index (χ0) is 27.3. The Morgan fingerprint density at radius 2 is 1.55 bits per heavy atom. The standard InChI is InChI=1S/C30H33F4NO3/c1-20(2)22-9-6-11-24(17-22)37-25-12-7-10-23(18-25)35(27-14-3-4-15-28(27)36)19-21-8-5-13-26(16-21)38-30(33,34)29(31)32/h5-13,16-18,20,27-29,36H,3-4,14-15,19H2,1-2H3. The van der Waals surface area contributed by atoms with Crippen LogP contribution in [0.1, 0.15) is 56.6 Å². The monoisotopic (exact) mass is 531 g/mol. The molecule has 4 nitrogen and oxygen atoms in total. The van der Waals surface area contributed by atoms with Crippen LogP contribution in [0.3, 0.4) is 0 Å². The number of halogens is 4. The largest absolute Gasteiger partial charge is 0.461 e. The molecule has 0 radical (unpaired) electrons. The highest BCUT2D eigenvalue weighted by atomic mass is 19.3. The first-order valence-electron chi connectivity index (χ1n) is 12.9. The second kappa shape index (κ2) is 12.1. The van der Waals surface area contributed by atoms with Gasteiger partial charge < -0.3 is 19.5 Å². The fourth-order valence-electron chi connectivity index (χ4n) is 4.76.